The molecule has 0 saturated heterocycles. The molecule has 0 amide bonds. The number of hydrogen-bond acceptors (Lipinski definition) is 2. The van der Waals surface area contributed by atoms with Crippen LogP contribution < -0.4 is 0 Å². The van der Waals surface area contributed by atoms with Crippen LogP contribution in [0, 0.1) is 13.8 Å². The van der Waals surface area contributed by atoms with Crippen LogP contribution in [0.5, 0.6) is 0 Å². The topological polar surface area (TPSA) is 25.8 Å². The molecule has 2 nitrogen and oxygen atoms in total. The average Bonchev–Trinajstić information content (AvgIpc) is 2.40. The molecule has 0 unspecified atom stereocenters. The van der Waals surface area contributed by atoms with Crippen molar-refractivity contribution in [2.45, 2.75) is 13.8 Å². The number of rotatable bonds is 1. The summed E-state index contributed by atoms with van der Waals surface area (Å²) in [5.41, 5.74) is 6.22. The largest absolute Gasteiger partial charge is 0.252 e. The van der Waals surface area contributed by atoms with E-state index < -0.39 is 0 Å². The Morgan fingerprint density at radius 2 is 1.53 bits per heavy atom. The molecule has 0 aliphatic rings. The van der Waals surface area contributed by atoms with E-state index in [0.717, 1.165) is 27.3 Å². The first kappa shape index (κ1) is 12.1. The second kappa shape index (κ2) is 4.63. The standard InChI is InChI=1S/C16H13ClN2/c1-10-7-14-15(8-11(10)2)19-16(9-18-14)12-3-5-13(17)6-4-12/h3-9H,1-2H3. The van der Waals surface area contributed by atoms with Gasteiger partial charge in [0.25, 0.3) is 0 Å². The maximum atomic E-state index is 5.90. The van der Waals surface area contributed by atoms with Gasteiger partial charge in [-0.3, -0.25) is 4.98 Å². The molecule has 0 atom stereocenters. The van der Waals surface area contributed by atoms with Gasteiger partial charge in [-0.15, -0.1) is 0 Å². The number of fused-ring (bicyclic) bond motifs is 1. The summed E-state index contributed by atoms with van der Waals surface area (Å²) >= 11 is 5.90. The fourth-order valence-corrected chi connectivity index (χ4v) is 2.15. The lowest BCUT2D eigenvalue weighted by atomic mass is 10.1. The zero-order chi connectivity index (χ0) is 13.4. The maximum absolute atomic E-state index is 5.90. The van der Waals surface area contributed by atoms with Crippen molar-refractivity contribution in [3.8, 4) is 11.3 Å². The molecule has 3 rings (SSSR count). The minimum atomic E-state index is 0.726. The van der Waals surface area contributed by atoms with Crippen molar-refractivity contribution in [1.82, 2.24) is 9.97 Å². The van der Waals surface area contributed by atoms with Crippen molar-refractivity contribution < 1.29 is 0 Å². The molecule has 0 aliphatic heterocycles. The van der Waals surface area contributed by atoms with Crippen LogP contribution in [0.15, 0.2) is 42.6 Å². The summed E-state index contributed by atoms with van der Waals surface area (Å²) in [6.45, 7) is 4.18. The van der Waals surface area contributed by atoms with Crippen LogP contribution in [0.4, 0.5) is 0 Å². The second-order valence-corrected chi connectivity index (χ2v) is 5.12. The van der Waals surface area contributed by atoms with Crippen LogP contribution >= 0.6 is 11.6 Å². The number of benzene rings is 2. The zero-order valence-corrected chi connectivity index (χ0v) is 11.6. The molecule has 1 aromatic heterocycles. The molecule has 0 radical (unpaired) electrons. The van der Waals surface area contributed by atoms with Gasteiger partial charge in [-0.05, 0) is 49.2 Å². The summed E-state index contributed by atoms with van der Waals surface area (Å²) in [6.07, 6.45) is 1.81. The van der Waals surface area contributed by atoms with Crippen molar-refractivity contribution in [3.05, 3.63) is 58.7 Å². The summed E-state index contributed by atoms with van der Waals surface area (Å²) in [4.78, 5) is 9.16. The molecule has 0 saturated carbocycles. The number of nitrogens with zero attached hydrogens (tertiary/aromatic N) is 2. The Morgan fingerprint density at radius 3 is 2.21 bits per heavy atom. The van der Waals surface area contributed by atoms with Gasteiger partial charge in [0.2, 0.25) is 0 Å². The van der Waals surface area contributed by atoms with E-state index in [-0.39, 0.29) is 0 Å². The highest BCUT2D eigenvalue weighted by atomic mass is 35.5. The van der Waals surface area contributed by atoms with Gasteiger partial charge in [0.05, 0.1) is 22.9 Å². The summed E-state index contributed by atoms with van der Waals surface area (Å²) in [5, 5.41) is 0.726. The van der Waals surface area contributed by atoms with Crippen LogP contribution in [0.3, 0.4) is 0 Å². The zero-order valence-electron chi connectivity index (χ0n) is 10.8. The van der Waals surface area contributed by atoms with Gasteiger partial charge in [-0.2, -0.15) is 0 Å². The van der Waals surface area contributed by atoms with Crippen molar-refractivity contribution in [3.63, 3.8) is 0 Å². The van der Waals surface area contributed by atoms with Crippen molar-refractivity contribution in [2.24, 2.45) is 0 Å². The first-order valence-electron chi connectivity index (χ1n) is 6.13. The molecule has 0 bridgehead atoms. The Kier molecular flexibility index (Phi) is 2.96. The van der Waals surface area contributed by atoms with Crippen LogP contribution in [0.1, 0.15) is 11.1 Å². The molecule has 94 valence electrons. The molecular weight excluding hydrogens is 256 g/mol. The Bertz CT molecular complexity index is 749. The third-order valence-electron chi connectivity index (χ3n) is 3.30. The summed E-state index contributed by atoms with van der Waals surface area (Å²) in [5.74, 6) is 0. The molecule has 0 N–H and O–H groups in total. The van der Waals surface area contributed by atoms with Gasteiger partial charge < -0.3 is 0 Å². The van der Waals surface area contributed by atoms with E-state index in [1.807, 2.05) is 24.3 Å². The monoisotopic (exact) mass is 268 g/mol. The Labute approximate surface area is 117 Å². The summed E-state index contributed by atoms with van der Waals surface area (Å²) < 4.78 is 0. The number of halogens is 1. The average molecular weight is 269 g/mol. The molecule has 0 fully saturated rings. The third kappa shape index (κ3) is 2.32. The predicted octanol–water partition coefficient (Wildman–Crippen LogP) is 4.57. The minimum Gasteiger partial charge on any atom is -0.252 e. The smallest absolute Gasteiger partial charge is 0.0897 e. The van der Waals surface area contributed by atoms with E-state index >= 15 is 0 Å². The Balaban J connectivity index is 2.16. The van der Waals surface area contributed by atoms with Crippen molar-refractivity contribution >= 4 is 22.6 Å². The molecular formula is C16H13ClN2. The SMILES string of the molecule is Cc1cc2ncc(-c3ccc(Cl)cc3)nc2cc1C. The van der Waals surface area contributed by atoms with E-state index in [4.69, 9.17) is 11.6 Å². The number of hydrogen-bond donors (Lipinski definition) is 0. The van der Waals surface area contributed by atoms with Crippen molar-refractivity contribution in [1.29, 1.82) is 0 Å². The molecule has 19 heavy (non-hydrogen) atoms. The Hall–Kier alpha value is -1.93. The number of aryl methyl sites for hydroxylation is 2. The van der Waals surface area contributed by atoms with Gasteiger partial charge in [-0.1, -0.05) is 23.7 Å². The predicted molar refractivity (Wildman–Crippen MR) is 79.5 cm³/mol. The third-order valence-corrected chi connectivity index (χ3v) is 3.55. The number of aromatic nitrogens is 2. The second-order valence-electron chi connectivity index (χ2n) is 4.69. The first-order chi connectivity index (χ1) is 9.13. The normalized spacial score (nSPS) is 10.9. The maximum Gasteiger partial charge on any atom is 0.0897 e. The molecule has 1 heterocycles. The quantitative estimate of drug-likeness (QED) is 0.646. The van der Waals surface area contributed by atoms with E-state index in [0.29, 0.717) is 0 Å². The molecule has 2 aromatic carbocycles. The van der Waals surface area contributed by atoms with Gasteiger partial charge in [0.15, 0.2) is 0 Å². The van der Waals surface area contributed by atoms with Gasteiger partial charge in [-0.25, -0.2) is 4.98 Å². The van der Waals surface area contributed by atoms with Crippen molar-refractivity contribution in [2.75, 3.05) is 0 Å². The highest BCUT2D eigenvalue weighted by Gasteiger charge is 2.04. The van der Waals surface area contributed by atoms with E-state index in [9.17, 15) is 0 Å². The van der Waals surface area contributed by atoms with Crippen LogP contribution in [-0.4, -0.2) is 9.97 Å². The molecule has 3 aromatic rings. The lowest BCUT2D eigenvalue weighted by molar-refractivity contribution is 1.26. The lowest BCUT2D eigenvalue weighted by Gasteiger charge is -2.05. The fourth-order valence-electron chi connectivity index (χ4n) is 2.03. The van der Waals surface area contributed by atoms with E-state index in [1.165, 1.54) is 11.1 Å². The summed E-state index contributed by atoms with van der Waals surface area (Å²) in [6, 6.07) is 11.8. The van der Waals surface area contributed by atoms with Crippen LogP contribution in [-0.2, 0) is 0 Å². The minimum absolute atomic E-state index is 0.726. The highest BCUT2D eigenvalue weighted by molar-refractivity contribution is 6.30. The molecule has 0 spiro atoms. The molecule has 3 heteroatoms. The first-order valence-corrected chi connectivity index (χ1v) is 6.51. The van der Waals surface area contributed by atoms with E-state index in [2.05, 4.69) is 35.9 Å². The summed E-state index contributed by atoms with van der Waals surface area (Å²) in [7, 11) is 0. The van der Waals surface area contributed by atoms with Gasteiger partial charge >= 0.3 is 0 Å². The molecule has 0 aliphatic carbocycles. The van der Waals surface area contributed by atoms with Crippen LogP contribution in [0.25, 0.3) is 22.3 Å². The Morgan fingerprint density at radius 1 is 0.895 bits per heavy atom. The van der Waals surface area contributed by atoms with Crippen LogP contribution in [0.2, 0.25) is 5.02 Å². The lowest BCUT2D eigenvalue weighted by Crippen LogP contribution is -1.91. The highest BCUT2D eigenvalue weighted by Crippen LogP contribution is 2.22. The fraction of sp³-hybridized carbons (Fsp3) is 0.125. The van der Waals surface area contributed by atoms with Gasteiger partial charge in [0.1, 0.15) is 0 Å². The van der Waals surface area contributed by atoms with Gasteiger partial charge in [0, 0.05) is 10.6 Å². The van der Waals surface area contributed by atoms with E-state index in [1.54, 1.807) is 6.20 Å².